The van der Waals surface area contributed by atoms with Gasteiger partial charge in [-0.05, 0) is 40.0 Å². The Bertz CT molecular complexity index is 526. The van der Waals surface area contributed by atoms with Crippen LogP contribution in [0.15, 0.2) is 9.98 Å². The van der Waals surface area contributed by atoms with E-state index in [0.29, 0.717) is 44.6 Å². The summed E-state index contributed by atoms with van der Waals surface area (Å²) < 4.78 is 35.5. The van der Waals surface area contributed by atoms with Crippen LogP contribution in [0.5, 0.6) is 0 Å². The summed E-state index contributed by atoms with van der Waals surface area (Å²) in [5.74, 6) is 1.43. The van der Waals surface area contributed by atoms with E-state index < -0.39 is 7.60 Å². The van der Waals surface area contributed by atoms with Crippen LogP contribution in [-0.4, -0.2) is 56.0 Å². The molecule has 0 fully saturated rings. The Morgan fingerprint density at radius 2 is 1.42 bits per heavy atom. The van der Waals surface area contributed by atoms with Crippen LogP contribution in [0.2, 0.25) is 0 Å². The lowest BCUT2D eigenvalue weighted by Gasteiger charge is -2.30. The fourth-order valence-corrected chi connectivity index (χ4v) is 4.57. The summed E-state index contributed by atoms with van der Waals surface area (Å²) >= 11 is 0. The number of ether oxygens (including phenoxy) is 2. The molecule has 8 heteroatoms. The van der Waals surface area contributed by atoms with Crippen molar-refractivity contribution in [3.63, 3.8) is 0 Å². The monoisotopic (exact) mass is 390 g/mol. The molecule has 3 atom stereocenters. The lowest BCUT2D eigenvalue weighted by Crippen LogP contribution is -2.39. The lowest BCUT2D eigenvalue weighted by molar-refractivity contribution is 0.210. The average molecular weight is 390 g/mol. The van der Waals surface area contributed by atoms with E-state index in [1.54, 1.807) is 0 Å². The van der Waals surface area contributed by atoms with Crippen molar-refractivity contribution in [1.29, 1.82) is 0 Å². The first-order valence-electron chi connectivity index (χ1n) is 9.62. The molecule has 1 aliphatic heterocycles. The largest absolute Gasteiger partial charge is 0.480 e. The van der Waals surface area contributed by atoms with Crippen molar-refractivity contribution in [3.8, 4) is 0 Å². The molecule has 152 valence electrons. The van der Waals surface area contributed by atoms with Crippen molar-refractivity contribution in [3.05, 3.63) is 0 Å². The summed E-state index contributed by atoms with van der Waals surface area (Å²) in [7, 11) is -3.21. The maximum atomic E-state index is 13.0. The van der Waals surface area contributed by atoms with E-state index >= 15 is 0 Å². The first-order valence-corrected chi connectivity index (χ1v) is 11.2. The lowest BCUT2D eigenvalue weighted by atomic mass is 10.0. The second-order valence-corrected chi connectivity index (χ2v) is 8.94. The predicted molar refractivity (Wildman–Crippen MR) is 105 cm³/mol. The molecule has 0 N–H and O–H groups in total. The highest BCUT2D eigenvalue weighted by molar-refractivity contribution is 7.54. The van der Waals surface area contributed by atoms with E-state index in [1.165, 1.54) is 0 Å². The van der Waals surface area contributed by atoms with Crippen molar-refractivity contribution in [2.24, 2.45) is 15.9 Å². The first-order chi connectivity index (χ1) is 12.3. The molecular weight excluding hydrogens is 355 g/mol. The van der Waals surface area contributed by atoms with Crippen LogP contribution in [0.1, 0.15) is 54.9 Å². The summed E-state index contributed by atoms with van der Waals surface area (Å²) in [6.45, 7) is 15.2. The van der Waals surface area contributed by atoms with Gasteiger partial charge in [0.2, 0.25) is 11.8 Å². The van der Waals surface area contributed by atoms with E-state index in [4.69, 9.17) is 28.5 Å². The Morgan fingerprint density at radius 3 is 1.88 bits per heavy atom. The molecule has 0 amide bonds. The Hall–Kier alpha value is -0.910. The van der Waals surface area contributed by atoms with Gasteiger partial charge in [-0.1, -0.05) is 20.8 Å². The van der Waals surface area contributed by atoms with Crippen molar-refractivity contribution >= 4 is 19.4 Å². The highest BCUT2D eigenvalue weighted by Gasteiger charge is 2.38. The normalized spacial score (nSPS) is 22.0. The van der Waals surface area contributed by atoms with Gasteiger partial charge in [0.15, 0.2) is 0 Å². The van der Waals surface area contributed by atoms with E-state index in [0.717, 1.165) is 0 Å². The third-order valence-electron chi connectivity index (χ3n) is 4.03. The smallest absolute Gasteiger partial charge is 0.333 e. The standard InChI is InChI=1S/C18H35N2O5P/c1-8-22-17-15(12-14(7)26(21,24-10-3)25-11-4)19-18(23-9-2)16(20-17)13(5)6/h13-16H,8-12H2,1-7H3/t14-,15+,16-/m1/s1. The summed E-state index contributed by atoms with van der Waals surface area (Å²) in [5, 5.41) is 0. The highest BCUT2D eigenvalue weighted by atomic mass is 31.2. The number of hydrogen-bond acceptors (Lipinski definition) is 7. The molecule has 1 rings (SSSR count). The van der Waals surface area contributed by atoms with Crippen LogP contribution >= 0.6 is 7.60 Å². The van der Waals surface area contributed by atoms with Gasteiger partial charge in [0, 0.05) is 0 Å². The molecule has 0 bridgehead atoms. The third kappa shape index (κ3) is 6.07. The Kier molecular flexibility index (Phi) is 9.83. The fourth-order valence-electron chi connectivity index (χ4n) is 2.81. The number of rotatable bonds is 10. The molecule has 0 aromatic heterocycles. The van der Waals surface area contributed by atoms with E-state index in [-0.39, 0.29) is 23.7 Å². The maximum Gasteiger partial charge on any atom is 0.333 e. The maximum absolute atomic E-state index is 13.0. The SMILES string of the molecule is CCOC1=N[C@H](C(C)C)C(OCC)=N[C@H]1C[C@@H](C)P(=O)(OCC)OCC. The average Bonchev–Trinajstić information content (AvgIpc) is 2.57. The van der Waals surface area contributed by atoms with E-state index in [1.807, 2.05) is 34.6 Å². The molecule has 26 heavy (non-hydrogen) atoms. The molecule has 0 saturated heterocycles. The minimum atomic E-state index is -3.21. The zero-order chi connectivity index (χ0) is 19.7. The number of hydrogen-bond donors (Lipinski definition) is 0. The van der Waals surface area contributed by atoms with Crippen molar-refractivity contribution < 1.29 is 23.1 Å². The molecule has 1 heterocycles. The quantitative estimate of drug-likeness (QED) is 0.520. The van der Waals surface area contributed by atoms with Crippen molar-refractivity contribution in [2.45, 2.75) is 72.6 Å². The molecule has 0 aromatic rings. The van der Waals surface area contributed by atoms with Crippen molar-refractivity contribution in [1.82, 2.24) is 0 Å². The molecule has 0 spiro atoms. The zero-order valence-electron chi connectivity index (χ0n) is 17.2. The molecule has 0 aliphatic carbocycles. The van der Waals surface area contributed by atoms with Gasteiger partial charge in [0.05, 0.1) is 32.1 Å². The van der Waals surface area contributed by atoms with E-state index in [9.17, 15) is 4.57 Å². The second kappa shape index (κ2) is 11.1. The molecule has 1 aliphatic rings. The van der Waals surface area contributed by atoms with Gasteiger partial charge in [-0.2, -0.15) is 0 Å². The zero-order valence-corrected chi connectivity index (χ0v) is 18.1. The molecule has 0 radical (unpaired) electrons. The van der Waals surface area contributed by atoms with Crippen LogP contribution in [0, 0.1) is 5.92 Å². The van der Waals surface area contributed by atoms with E-state index in [2.05, 4.69) is 13.8 Å². The molecular formula is C18H35N2O5P. The first kappa shape index (κ1) is 23.1. The van der Waals surface area contributed by atoms with Gasteiger partial charge in [-0.3, -0.25) is 4.57 Å². The van der Waals surface area contributed by atoms with Gasteiger partial charge in [0.1, 0.15) is 12.1 Å². The third-order valence-corrected chi connectivity index (χ3v) is 6.55. The molecule has 0 unspecified atom stereocenters. The van der Waals surface area contributed by atoms with Gasteiger partial charge in [-0.25, -0.2) is 9.98 Å². The summed E-state index contributed by atoms with van der Waals surface area (Å²) in [5.41, 5.74) is -0.333. The van der Waals surface area contributed by atoms with Crippen molar-refractivity contribution in [2.75, 3.05) is 26.4 Å². The van der Waals surface area contributed by atoms with Crippen LogP contribution in [0.3, 0.4) is 0 Å². The Labute approximate surface area is 158 Å². The molecule has 0 aromatic carbocycles. The van der Waals surface area contributed by atoms with Crippen LogP contribution in [0.25, 0.3) is 0 Å². The predicted octanol–water partition coefficient (Wildman–Crippen LogP) is 4.31. The van der Waals surface area contributed by atoms with Gasteiger partial charge < -0.3 is 18.5 Å². The van der Waals surface area contributed by atoms with Gasteiger partial charge in [-0.15, -0.1) is 0 Å². The minimum Gasteiger partial charge on any atom is -0.480 e. The van der Waals surface area contributed by atoms with Crippen LogP contribution < -0.4 is 0 Å². The van der Waals surface area contributed by atoms with Crippen LogP contribution in [-0.2, 0) is 23.1 Å². The Morgan fingerprint density at radius 1 is 0.885 bits per heavy atom. The second-order valence-electron chi connectivity index (χ2n) is 6.47. The van der Waals surface area contributed by atoms with Gasteiger partial charge >= 0.3 is 7.60 Å². The minimum absolute atomic E-state index is 0.159. The summed E-state index contributed by atoms with van der Waals surface area (Å²) in [4.78, 5) is 9.50. The Balaban J connectivity index is 3.09. The summed E-state index contributed by atoms with van der Waals surface area (Å²) in [6, 6.07) is -0.510. The molecule has 7 nitrogen and oxygen atoms in total. The topological polar surface area (TPSA) is 78.7 Å². The number of nitrogens with zero attached hydrogens (tertiary/aromatic N) is 2. The number of aliphatic imine (C=N–C) groups is 2. The van der Waals surface area contributed by atoms with Gasteiger partial charge in [0.25, 0.3) is 0 Å². The highest BCUT2D eigenvalue weighted by Crippen LogP contribution is 2.54. The fraction of sp³-hybridized carbons (Fsp3) is 0.889. The molecule has 0 saturated carbocycles. The summed E-state index contributed by atoms with van der Waals surface area (Å²) in [6.07, 6.45) is 0.456. The van der Waals surface area contributed by atoms with Crippen LogP contribution in [0.4, 0.5) is 0 Å².